The van der Waals surface area contributed by atoms with Crippen molar-refractivity contribution in [2.45, 2.75) is 31.7 Å². The average molecular weight is 204 g/mol. The second-order valence-corrected chi connectivity index (χ2v) is 4.45. The monoisotopic (exact) mass is 204 g/mol. The van der Waals surface area contributed by atoms with Crippen LogP contribution in [0.25, 0.3) is 0 Å². The van der Waals surface area contributed by atoms with Gasteiger partial charge in [-0.15, -0.1) is 0 Å². The Labute approximate surface area is 104 Å². The number of hydrogen-bond donors (Lipinski definition) is 0. The SMILES string of the molecule is O=CC(CN1CCCC1)N1CCCC1.[LiH]. The van der Waals surface area contributed by atoms with Gasteiger partial charge in [0.25, 0.3) is 0 Å². The molecule has 2 fully saturated rings. The van der Waals surface area contributed by atoms with Crippen LogP contribution in [-0.2, 0) is 4.79 Å². The second kappa shape index (κ2) is 6.70. The first-order valence-electron chi connectivity index (χ1n) is 5.82. The van der Waals surface area contributed by atoms with Gasteiger partial charge in [-0.1, -0.05) is 0 Å². The van der Waals surface area contributed by atoms with Crippen molar-refractivity contribution in [3.8, 4) is 0 Å². The van der Waals surface area contributed by atoms with Crippen molar-refractivity contribution >= 4 is 25.1 Å². The van der Waals surface area contributed by atoms with E-state index in [1.165, 1.54) is 38.8 Å². The summed E-state index contributed by atoms with van der Waals surface area (Å²) in [4.78, 5) is 15.8. The van der Waals surface area contributed by atoms with Crippen LogP contribution < -0.4 is 0 Å². The molecule has 0 aromatic heterocycles. The van der Waals surface area contributed by atoms with Gasteiger partial charge in [-0.25, -0.2) is 0 Å². The normalized spacial score (nSPS) is 25.1. The minimum atomic E-state index is 0. The fourth-order valence-corrected chi connectivity index (χ4v) is 2.55. The van der Waals surface area contributed by atoms with E-state index >= 15 is 0 Å². The molecule has 0 aliphatic carbocycles. The third-order valence-electron chi connectivity index (χ3n) is 3.41. The summed E-state index contributed by atoms with van der Waals surface area (Å²) in [5, 5.41) is 0. The molecule has 82 valence electrons. The molecule has 0 radical (unpaired) electrons. The molecule has 1 atom stereocenters. The molecule has 2 aliphatic rings. The molecule has 0 spiro atoms. The fraction of sp³-hybridized carbons (Fsp3) is 0.909. The molecule has 3 nitrogen and oxygen atoms in total. The van der Waals surface area contributed by atoms with Gasteiger partial charge in [-0.3, -0.25) is 4.90 Å². The quantitative estimate of drug-likeness (QED) is 0.479. The van der Waals surface area contributed by atoms with Gasteiger partial charge in [0.1, 0.15) is 6.29 Å². The van der Waals surface area contributed by atoms with Gasteiger partial charge in [0.05, 0.1) is 6.04 Å². The van der Waals surface area contributed by atoms with Crippen LogP contribution in [0.5, 0.6) is 0 Å². The van der Waals surface area contributed by atoms with Crippen molar-refractivity contribution in [2.75, 3.05) is 32.7 Å². The maximum atomic E-state index is 11.0. The number of carbonyl (C=O) groups excluding carboxylic acids is 1. The molecule has 4 heteroatoms. The summed E-state index contributed by atoms with van der Waals surface area (Å²) in [6.07, 6.45) is 6.30. The Hall–Kier alpha value is 0.187. The molecule has 0 saturated carbocycles. The number of hydrogen-bond acceptors (Lipinski definition) is 3. The van der Waals surface area contributed by atoms with Gasteiger partial charge in [0, 0.05) is 6.54 Å². The zero-order valence-corrected chi connectivity index (χ0v) is 8.82. The van der Waals surface area contributed by atoms with E-state index in [1.807, 2.05) is 0 Å². The van der Waals surface area contributed by atoms with Gasteiger partial charge < -0.3 is 9.69 Å². The third-order valence-corrected chi connectivity index (χ3v) is 3.41. The van der Waals surface area contributed by atoms with E-state index in [0.29, 0.717) is 0 Å². The van der Waals surface area contributed by atoms with Gasteiger partial charge in [-0.05, 0) is 51.9 Å². The Morgan fingerprint density at radius 2 is 1.53 bits per heavy atom. The second-order valence-electron chi connectivity index (χ2n) is 4.45. The van der Waals surface area contributed by atoms with Crippen LogP contribution in [0.3, 0.4) is 0 Å². The van der Waals surface area contributed by atoms with Crippen LogP contribution in [0.2, 0.25) is 0 Å². The summed E-state index contributed by atoms with van der Waals surface area (Å²) in [6.45, 7) is 5.59. The van der Waals surface area contributed by atoms with E-state index in [9.17, 15) is 4.79 Å². The van der Waals surface area contributed by atoms with E-state index in [0.717, 1.165) is 25.9 Å². The minimum absolute atomic E-state index is 0. The van der Waals surface area contributed by atoms with E-state index in [-0.39, 0.29) is 24.9 Å². The molecule has 0 aromatic carbocycles. The average Bonchev–Trinajstić information content (AvgIpc) is 2.86. The molecular formula is C11H21LiN2O. The number of rotatable bonds is 4. The molecule has 0 amide bonds. The number of carbonyl (C=O) groups is 1. The van der Waals surface area contributed by atoms with Gasteiger partial charge in [0.15, 0.2) is 0 Å². The number of likely N-dealkylation sites (tertiary alicyclic amines) is 2. The topological polar surface area (TPSA) is 23.6 Å². The molecule has 0 aromatic rings. The summed E-state index contributed by atoms with van der Waals surface area (Å²) in [5.41, 5.74) is 0. The Kier molecular flexibility index (Phi) is 5.92. The van der Waals surface area contributed by atoms with Crippen LogP contribution in [0.4, 0.5) is 0 Å². The number of nitrogens with zero attached hydrogens (tertiary/aromatic N) is 2. The molecule has 2 heterocycles. The van der Waals surface area contributed by atoms with E-state index in [2.05, 4.69) is 9.80 Å². The Morgan fingerprint density at radius 1 is 1.00 bits per heavy atom. The molecule has 0 N–H and O–H groups in total. The molecule has 0 bridgehead atoms. The van der Waals surface area contributed by atoms with Crippen molar-refractivity contribution in [3.63, 3.8) is 0 Å². The predicted molar refractivity (Wildman–Crippen MR) is 63.5 cm³/mol. The van der Waals surface area contributed by atoms with E-state index in [4.69, 9.17) is 0 Å². The Morgan fingerprint density at radius 3 is 2.07 bits per heavy atom. The predicted octanol–water partition coefficient (Wildman–Crippen LogP) is 0.0970. The van der Waals surface area contributed by atoms with Gasteiger partial charge in [-0.2, -0.15) is 0 Å². The van der Waals surface area contributed by atoms with Crippen molar-refractivity contribution < 1.29 is 4.79 Å². The first kappa shape index (κ1) is 13.3. The van der Waals surface area contributed by atoms with E-state index < -0.39 is 0 Å². The molecule has 2 aliphatic heterocycles. The third kappa shape index (κ3) is 3.60. The fourth-order valence-electron chi connectivity index (χ4n) is 2.55. The summed E-state index contributed by atoms with van der Waals surface area (Å²) >= 11 is 0. The van der Waals surface area contributed by atoms with Gasteiger partial charge >= 0.3 is 18.9 Å². The summed E-state index contributed by atoms with van der Waals surface area (Å²) in [5.74, 6) is 0. The molecule has 2 rings (SSSR count). The zero-order valence-electron chi connectivity index (χ0n) is 8.82. The molecule has 2 saturated heterocycles. The van der Waals surface area contributed by atoms with Crippen LogP contribution in [0.15, 0.2) is 0 Å². The van der Waals surface area contributed by atoms with Crippen molar-refractivity contribution in [1.29, 1.82) is 0 Å². The van der Waals surface area contributed by atoms with Crippen LogP contribution in [-0.4, -0.2) is 73.7 Å². The van der Waals surface area contributed by atoms with Crippen molar-refractivity contribution in [2.24, 2.45) is 0 Å². The van der Waals surface area contributed by atoms with Crippen molar-refractivity contribution in [1.82, 2.24) is 9.80 Å². The Balaban J connectivity index is 0.00000112. The summed E-state index contributed by atoms with van der Waals surface area (Å²) < 4.78 is 0. The number of aldehydes is 1. The summed E-state index contributed by atoms with van der Waals surface area (Å²) in [6, 6.07) is 0.163. The van der Waals surface area contributed by atoms with Crippen molar-refractivity contribution in [3.05, 3.63) is 0 Å². The standard InChI is InChI=1S/C11H20N2O.Li.H/c14-10-11(13-7-3-4-8-13)9-12-5-1-2-6-12;;/h10-11H,1-9H2;;. The van der Waals surface area contributed by atoms with Crippen LogP contribution in [0.1, 0.15) is 25.7 Å². The first-order chi connectivity index (χ1) is 6.90. The molecule has 1 unspecified atom stereocenters. The maximum absolute atomic E-state index is 11.0. The van der Waals surface area contributed by atoms with Gasteiger partial charge in [0.2, 0.25) is 0 Å². The van der Waals surface area contributed by atoms with Crippen LogP contribution in [0, 0.1) is 0 Å². The molecular weight excluding hydrogens is 183 g/mol. The first-order valence-corrected chi connectivity index (χ1v) is 5.82. The van der Waals surface area contributed by atoms with Crippen LogP contribution >= 0.6 is 0 Å². The Bertz CT molecular complexity index is 189. The zero-order chi connectivity index (χ0) is 9.80. The molecule has 15 heavy (non-hydrogen) atoms. The van der Waals surface area contributed by atoms with E-state index in [1.54, 1.807) is 0 Å². The summed E-state index contributed by atoms with van der Waals surface area (Å²) in [7, 11) is 0.